The van der Waals surface area contributed by atoms with Gasteiger partial charge in [-0.2, -0.15) is 23.4 Å². The molecular formula is C29H20ClF3N6O. The van der Waals surface area contributed by atoms with E-state index in [1.807, 2.05) is 55.5 Å². The van der Waals surface area contributed by atoms with E-state index in [9.17, 15) is 18.0 Å². The minimum absolute atomic E-state index is 0.108. The fourth-order valence-corrected chi connectivity index (χ4v) is 4.68. The van der Waals surface area contributed by atoms with Crippen LogP contribution in [0, 0.1) is 6.92 Å². The SMILES string of the molecule is Cc1cc(NC(=O)c2cc3nc(-c4ccc5ccccc5c4)cc(C(F)(F)F)n3n2)nn1Cc1ccccc1Cl. The van der Waals surface area contributed by atoms with Crippen molar-refractivity contribution in [2.75, 3.05) is 5.32 Å². The van der Waals surface area contributed by atoms with Crippen LogP contribution in [-0.4, -0.2) is 30.3 Å². The minimum atomic E-state index is -4.73. The van der Waals surface area contributed by atoms with Crippen molar-refractivity contribution in [1.29, 1.82) is 0 Å². The molecule has 6 rings (SSSR count). The number of hydrogen-bond donors (Lipinski definition) is 1. The molecule has 11 heteroatoms. The van der Waals surface area contributed by atoms with Crippen molar-refractivity contribution in [3.8, 4) is 11.3 Å². The maximum atomic E-state index is 14.1. The molecule has 0 fully saturated rings. The van der Waals surface area contributed by atoms with E-state index < -0.39 is 17.8 Å². The molecule has 0 aliphatic rings. The highest BCUT2D eigenvalue weighted by molar-refractivity contribution is 6.31. The van der Waals surface area contributed by atoms with E-state index in [0.717, 1.165) is 28.1 Å². The Morgan fingerprint density at radius 3 is 2.45 bits per heavy atom. The van der Waals surface area contributed by atoms with Crippen LogP contribution >= 0.6 is 11.6 Å². The first-order valence-electron chi connectivity index (χ1n) is 12.2. The second-order valence-corrected chi connectivity index (χ2v) is 9.67. The number of hydrogen-bond acceptors (Lipinski definition) is 4. The number of carbonyl (C=O) groups excluding carboxylic acids is 1. The van der Waals surface area contributed by atoms with E-state index >= 15 is 0 Å². The largest absolute Gasteiger partial charge is 0.433 e. The normalized spacial score (nSPS) is 11.8. The average Bonchev–Trinajstić information content (AvgIpc) is 3.51. The van der Waals surface area contributed by atoms with Gasteiger partial charge in [0, 0.05) is 28.4 Å². The van der Waals surface area contributed by atoms with E-state index in [1.165, 1.54) is 6.07 Å². The molecule has 1 N–H and O–H groups in total. The second-order valence-electron chi connectivity index (χ2n) is 9.26. The van der Waals surface area contributed by atoms with Crippen molar-refractivity contribution in [2.45, 2.75) is 19.6 Å². The summed E-state index contributed by atoms with van der Waals surface area (Å²) in [5.74, 6) is -0.485. The van der Waals surface area contributed by atoms with Crippen molar-refractivity contribution in [3.63, 3.8) is 0 Å². The molecule has 0 saturated carbocycles. The first-order valence-corrected chi connectivity index (χ1v) is 12.6. The number of nitrogens with zero attached hydrogens (tertiary/aromatic N) is 5. The predicted molar refractivity (Wildman–Crippen MR) is 146 cm³/mol. The molecule has 0 bridgehead atoms. The Kier molecular flexibility index (Phi) is 6.26. The van der Waals surface area contributed by atoms with Gasteiger partial charge < -0.3 is 5.32 Å². The van der Waals surface area contributed by atoms with E-state index in [2.05, 4.69) is 20.5 Å². The van der Waals surface area contributed by atoms with Gasteiger partial charge >= 0.3 is 6.18 Å². The lowest BCUT2D eigenvalue weighted by Gasteiger charge is -2.11. The number of aromatic nitrogens is 5. The number of nitrogens with one attached hydrogen (secondary N) is 1. The summed E-state index contributed by atoms with van der Waals surface area (Å²) in [4.78, 5) is 17.4. The third-order valence-corrected chi connectivity index (χ3v) is 6.86. The number of benzene rings is 3. The second kappa shape index (κ2) is 9.80. The van der Waals surface area contributed by atoms with Crippen LogP contribution in [0.5, 0.6) is 0 Å². The Morgan fingerprint density at radius 2 is 1.68 bits per heavy atom. The van der Waals surface area contributed by atoms with Gasteiger partial charge in [-0.05, 0) is 41.5 Å². The number of amides is 1. The summed E-state index contributed by atoms with van der Waals surface area (Å²) < 4.78 is 44.5. The minimum Gasteiger partial charge on any atom is -0.304 e. The molecule has 0 spiro atoms. The smallest absolute Gasteiger partial charge is 0.304 e. The van der Waals surface area contributed by atoms with Gasteiger partial charge in [-0.25, -0.2) is 9.50 Å². The van der Waals surface area contributed by atoms with Crippen LogP contribution in [0.3, 0.4) is 0 Å². The van der Waals surface area contributed by atoms with Crippen LogP contribution in [0.1, 0.15) is 27.4 Å². The molecule has 3 heterocycles. The van der Waals surface area contributed by atoms with Crippen LogP contribution in [0.25, 0.3) is 27.7 Å². The van der Waals surface area contributed by atoms with Crippen LogP contribution in [0.4, 0.5) is 19.0 Å². The molecular weight excluding hydrogens is 541 g/mol. The lowest BCUT2D eigenvalue weighted by Crippen LogP contribution is -2.16. The fourth-order valence-electron chi connectivity index (χ4n) is 4.48. The molecule has 0 unspecified atom stereocenters. The van der Waals surface area contributed by atoms with Crippen LogP contribution in [0.15, 0.2) is 84.9 Å². The highest BCUT2D eigenvalue weighted by Crippen LogP contribution is 2.33. The molecule has 7 nitrogen and oxygen atoms in total. The molecule has 3 aromatic carbocycles. The summed E-state index contributed by atoms with van der Waals surface area (Å²) in [6, 6.07) is 24.0. The first kappa shape index (κ1) is 25.6. The zero-order valence-electron chi connectivity index (χ0n) is 20.9. The van der Waals surface area contributed by atoms with Gasteiger partial charge in [0.2, 0.25) is 0 Å². The van der Waals surface area contributed by atoms with Crippen molar-refractivity contribution < 1.29 is 18.0 Å². The number of anilines is 1. The molecule has 0 aliphatic heterocycles. The number of aryl methyl sites for hydroxylation is 1. The summed E-state index contributed by atoms with van der Waals surface area (Å²) in [6.07, 6.45) is -4.73. The fraction of sp³-hybridized carbons (Fsp3) is 0.103. The quantitative estimate of drug-likeness (QED) is 0.246. The zero-order valence-corrected chi connectivity index (χ0v) is 21.7. The molecule has 0 atom stereocenters. The average molecular weight is 561 g/mol. The van der Waals surface area contributed by atoms with Crippen molar-refractivity contribution in [1.82, 2.24) is 24.4 Å². The van der Waals surface area contributed by atoms with E-state index in [4.69, 9.17) is 11.6 Å². The van der Waals surface area contributed by atoms with Gasteiger partial charge in [-0.15, -0.1) is 0 Å². The number of fused-ring (bicyclic) bond motifs is 2. The monoisotopic (exact) mass is 560 g/mol. The molecule has 40 heavy (non-hydrogen) atoms. The van der Waals surface area contributed by atoms with Crippen molar-refractivity contribution in [2.24, 2.45) is 0 Å². The first-order chi connectivity index (χ1) is 19.2. The number of alkyl halides is 3. The van der Waals surface area contributed by atoms with E-state index in [-0.39, 0.29) is 22.9 Å². The highest BCUT2D eigenvalue weighted by atomic mass is 35.5. The summed E-state index contributed by atoms with van der Waals surface area (Å²) in [6.45, 7) is 2.20. The predicted octanol–water partition coefficient (Wildman–Crippen LogP) is 7.03. The molecule has 0 aliphatic carbocycles. The van der Waals surface area contributed by atoms with Gasteiger partial charge in [-0.3, -0.25) is 9.48 Å². The van der Waals surface area contributed by atoms with Gasteiger partial charge in [0.05, 0.1) is 12.2 Å². The Balaban J connectivity index is 1.32. The summed E-state index contributed by atoms with van der Waals surface area (Å²) in [7, 11) is 0. The van der Waals surface area contributed by atoms with Crippen molar-refractivity contribution in [3.05, 3.63) is 113 Å². The Labute approximate surface area is 230 Å². The molecule has 3 aromatic heterocycles. The van der Waals surface area contributed by atoms with Crippen LogP contribution in [0.2, 0.25) is 5.02 Å². The highest BCUT2D eigenvalue weighted by Gasteiger charge is 2.35. The zero-order chi connectivity index (χ0) is 28.0. The summed E-state index contributed by atoms with van der Waals surface area (Å²) >= 11 is 6.25. The van der Waals surface area contributed by atoms with Gasteiger partial charge in [0.25, 0.3) is 5.91 Å². The van der Waals surface area contributed by atoms with E-state index in [0.29, 0.717) is 21.6 Å². The maximum absolute atomic E-state index is 14.1. The molecule has 0 saturated heterocycles. The molecule has 1 amide bonds. The molecule has 6 aromatic rings. The van der Waals surface area contributed by atoms with E-state index in [1.54, 1.807) is 28.9 Å². The third kappa shape index (κ3) is 4.89. The lowest BCUT2D eigenvalue weighted by atomic mass is 10.0. The summed E-state index contributed by atoms with van der Waals surface area (Å²) in [5, 5.41) is 13.4. The van der Waals surface area contributed by atoms with Gasteiger partial charge in [0.1, 0.15) is 0 Å². The maximum Gasteiger partial charge on any atom is 0.433 e. The number of carbonyl (C=O) groups is 1. The van der Waals surface area contributed by atoms with Gasteiger partial charge in [-0.1, -0.05) is 66.2 Å². The Bertz CT molecular complexity index is 1910. The standard InChI is InChI=1S/C29H20ClF3N6O/c1-17-12-26(37-38(17)16-21-8-4-5-9-22(21)30)35-28(40)24-15-27-34-23(14-25(29(31,32)33)39(27)36-24)20-11-10-18-6-2-3-7-19(18)13-20/h2-15H,16H2,1H3,(H,35,37,40). The third-order valence-electron chi connectivity index (χ3n) is 6.50. The summed E-state index contributed by atoms with van der Waals surface area (Å²) in [5.41, 5.74) is 0.854. The van der Waals surface area contributed by atoms with Crippen LogP contribution in [-0.2, 0) is 12.7 Å². The number of halogens is 4. The lowest BCUT2D eigenvalue weighted by molar-refractivity contribution is -0.142. The van der Waals surface area contributed by atoms with Crippen molar-refractivity contribution >= 4 is 39.7 Å². The number of rotatable bonds is 5. The van der Waals surface area contributed by atoms with Gasteiger partial charge in [0.15, 0.2) is 22.9 Å². The Hall–Kier alpha value is -4.70. The molecule has 0 radical (unpaired) electrons. The van der Waals surface area contributed by atoms with Crippen LogP contribution < -0.4 is 5.32 Å². The topological polar surface area (TPSA) is 77.1 Å². The Morgan fingerprint density at radius 1 is 0.925 bits per heavy atom. The molecule has 200 valence electrons.